The number of nitrogens with zero attached hydrogens (tertiary/aromatic N) is 4. The van der Waals surface area contributed by atoms with Crippen molar-refractivity contribution in [3.05, 3.63) is 108 Å². The number of aliphatic hydroxyl groups is 1. The van der Waals surface area contributed by atoms with Gasteiger partial charge in [0.2, 0.25) is 0 Å². The van der Waals surface area contributed by atoms with E-state index in [1.54, 1.807) is 42.5 Å². The number of amides is 2. The van der Waals surface area contributed by atoms with Crippen LogP contribution in [0.4, 0.5) is 4.79 Å². The van der Waals surface area contributed by atoms with Gasteiger partial charge in [-0.1, -0.05) is 91.8 Å². The zero-order chi connectivity index (χ0) is 30.3. The van der Waals surface area contributed by atoms with Gasteiger partial charge in [-0.3, -0.25) is 0 Å². The van der Waals surface area contributed by atoms with Crippen LogP contribution in [0.3, 0.4) is 0 Å². The van der Waals surface area contributed by atoms with Crippen LogP contribution in [0.5, 0.6) is 0 Å². The van der Waals surface area contributed by atoms with Crippen LogP contribution >= 0.6 is 0 Å². The van der Waals surface area contributed by atoms with E-state index in [-0.39, 0.29) is 30.4 Å². The van der Waals surface area contributed by atoms with Gasteiger partial charge in [0.25, 0.3) is 10.0 Å². The van der Waals surface area contributed by atoms with Crippen LogP contribution in [0.2, 0.25) is 0 Å². The fourth-order valence-corrected chi connectivity index (χ4v) is 6.55. The summed E-state index contributed by atoms with van der Waals surface area (Å²) in [5.41, 5.74) is 8.45. The molecule has 0 radical (unpaired) electrons. The fourth-order valence-electron chi connectivity index (χ4n) is 5.01. The molecule has 4 rings (SSSR count). The molecule has 0 saturated carbocycles. The third kappa shape index (κ3) is 6.81. The van der Waals surface area contributed by atoms with Crippen LogP contribution in [0, 0.1) is 0 Å². The fraction of sp³-hybridized carbons (Fsp3) is 0.290. The van der Waals surface area contributed by atoms with Gasteiger partial charge >= 0.3 is 6.03 Å². The maximum atomic E-state index is 14.4. The van der Waals surface area contributed by atoms with Crippen LogP contribution in [-0.4, -0.2) is 70.2 Å². The molecule has 0 unspecified atom stereocenters. The van der Waals surface area contributed by atoms with Gasteiger partial charge < -0.3 is 20.9 Å². The molecule has 1 aliphatic heterocycles. The van der Waals surface area contributed by atoms with E-state index in [0.29, 0.717) is 29.5 Å². The molecule has 2 amide bonds. The van der Waals surface area contributed by atoms with Crippen molar-refractivity contribution >= 4 is 28.0 Å². The Morgan fingerprint density at radius 3 is 2.48 bits per heavy atom. The van der Waals surface area contributed by atoms with E-state index in [4.69, 9.17) is 10.9 Å². The maximum absolute atomic E-state index is 14.4. The van der Waals surface area contributed by atoms with Crippen LogP contribution in [-0.2, 0) is 23.0 Å². The summed E-state index contributed by atoms with van der Waals surface area (Å²) in [7, 11) is -4.23. The lowest BCUT2D eigenvalue weighted by atomic mass is 9.99. The third-order valence-electron chi connectivity index (χ3n) is 7.29. The maximum Gasteiger partial charge on any atom is 0.336 e. The largest absolute Gasteiger partial charge is 0.409 e. The molecule has 1 heterocycles. The van der Waals surface area contributed by atoms with Crippen molar-refractivity contribution in [3.63, 3.8) is 0 Å². The van der Waals surface area contributed by atoms with Gasteiger partial charge in [-0.05, 0) is 47.7 Å². The number of hydrogen-bond donors (Lipinski definition) is 3. The number of carbonyl (C=O) groups excluding carboxylic acids is 1. The van der Waals surface area contributed by atoms with Gasteiger partial charge in [-0.25, -0.2) is 18.2 Å². The van der Waals surface area contributed by atoms with Gasteiger partial charge in [-0.15, -0.1) is 4.41 Å². The van der Waals surface area contributed by atoms with E-state index >= 15 is 0 Å². The minimum absolute atomic E-state index is 0.000856. The Labute approximate surface area is 247 Å². The van der Waals surface area contributed by atoms with E-state index in [1.807, 2.05) is 37.3 Å². The first-order valence-corrected chi connectivity index (χ1v) is 15.3. The van der Waals surface area contributed by atoms with Gasteiger partial charge in [0.05, 0.1) is 23.6 Å². The number of urea groups is 1. The SMILES string of the molecule is C=Cc1cccc(S(=O)(=O)N2C[C@@H](O)[C@@H](Cc3ccccc3)N(Cc3cccc(/C(N)=N\O)c3)C(=O)N2CCCC)c1. The number of nitrogens with two attached hydrogens (primary N) is 1. The number of aliphatic hydroxyl groups excluding tert-OH is 1. The van der Waals surface area contributed by atoms with E-state index in [9.17, 15) is 18.3 Å². The summed E-state index contributed by atoms with van der Waals surface area (Å²) in [6, 6.07) is 21.4. The number of β-amino-alcohol motifs (C(OH)–C–C–N with tert-alkyl or cyclic N) is 1. The summed E-state index contributed by atoms with van der Waals surface area (Å²) in [5, 5.41) is 25.1. The number of hydrogen-bond acceptors (Lipinski definition) is 6. The van der Waals surface area contributed by atoms with Crippen molar-refractivity contribution in [2.75, 3.05) is 13.1 Å². The summed E-state index contributed by atoms with van der Waals surface area (Å²) in [6.07, 6.45) is 1.91. The highest BCUT2D eigenvalue weighted by molar-refractivity contribution is 7.89. The average molecular weight is 592 g/mol. The minimum atomic E-state index is -4.23. The van der Waals surface area contributed by atoms with E-state index in [0.717, 1.165) is 16.4 Å². The van der Waals surface area contributed by atoms with E-state index < -0.39 is 28.2 Å². The Balaban J connectivity index is 1.82. The number of rotatable bonds is 11. The summed E-state index contributed by atoms with van der Waals surface area (Å²) in [5.74, 6) is -0.0801. The van der Waals surface area contributed by atoms with Crippen molar-refractivity contribution in [3.8, 4) is 0 Å². The topological polar surface area (TPSA) is 140 Å². The van der Waals surface area contributed by atoms with Crippen LogP contribution in [0.15, 0.2) is 95.5 Å². The Kier molecular flexibility index (Phi) is 10.00. The first-order valence-electron chi connectivity index (χ1n) is 13.8. The summed E-state index contributed by atoms with van der Waals surface area (Å²) in [6.45, 7) is 5.58. The Morgan fingerprint density at radius 1 is 1.07 bits per heavy atom. The Hall–Kier alpha value is -4.19. The molecule has 0 spiro atoms. The van der Waals surface area contributed by atoms with E-state index in [2.05, 4.69) is 11.7 Å². The van der Waals surface area contributed by atoms with Crippen LogP contribution < -0.4 is 5.73 Å². The van der Waals surface area contributed by atoms with Crippen LogP contribution in [0.25, 0.3) is 6.08 Å². The third-order valence-corrected chi connectivity index (χ3v) is 9.04. The zero-order valence-electron chi connectivity index (χ0n) is 23.6. The molecule has 10 nitrogen and oxygen atoms in total. The predicted octanol–water partition coefficient (Wildman–Crippen LogP) is 4.04. The highest BCUT2D eigenvalue weighted by atomic mass is 32.2. The molecule has 0 aliphatic carbocycles. The number of benzene rings is 3. The number of sulfonamides is 1. The van der Waals surface area contributed by atoms with Gasteiger partial charge in [0.1, 0.15) is 0 Å². The second kappa shape index (κ2) is 13.6. The van der Waals surface area contributed by atoms with Crippen molar-refractivity contribution in [2.45, 2.75) is 49.8 Å². The number of oxime groups is 1. The highest BCUT2D eigenvalue weighted by Gasteiger charge is 2.44. The molecule has 4 N–H and O–H groups in total. The van der Waals surface area contributed by atoms with Crippen molar-refractivity contribution < 1.29 is 23.5 Å². The Bertz CT molecular complexity index is 1530. The van der Waals surface area contributed by atoms with Gasteiger partial charge in [0.15, 0.2) is 5.84 Å². The van der Waals surface area contributed by atoms with Crippen molar-refractivity contribution in [2.24, 2.45) is 10.9 Å². The predicted molar refractivity (Wildman–Crippen MR) is 162 cm³/mol. The second-order valence-electron chi connectivity index (χ2n) is 10.2. The molecule has 222 valence electrons. The Morgan fingerprint density at radius 2 is 1.79 bits per heavy atom. The molecule has 3 aromatic carbocycles. The number of unbranched alkanes of at least 4 members (excludes halogenated alkanes) is 1. The molecule has 1 fully saturated rings. The van der Waals surface area contributed by atoms with Gasteiger partial charge in [0, 0.05) is 18.7 Å². The molecule has 42 heavy (non-hydrogen) atoms. The number of carbonyl (C=O) groups is 1. The molecule has 3 aromatic rings. The van der Waals surface area contributed by atoms with Crippen molar-refractivity contribution in [1.82, 2.24) is 14.3 Å². The monoisotopic (exact) mass is 591 g/mol. The number of hydrazine groups is 1. The average Bonchev–Trinajstić information content (AvgIpc) is 3.10. The molecule has 0 aromatic heterocycles. The molecule has 0 bridgehead atoms. The number of amidine groups is 1. The summed E-state index contributed by atoms with van der Waals surface area (Å²) < 4.78 is 29.2. The second-order valence-corrected chi connectivity index (χ2v) is 12.0. The first kappa shape index (κ1) is 30.8. The quantitative estimate of drug-likeness (QED) is 0.133. The summed E-state index contributed by atoms with van der Waals surface area (Å²) >= 11 is 0. The summed E-state index contributed by atoms with van der Waals surface area (Å²) in [4.78, 5) is 15.9. The molecular formula is C31H37N5O5S. The van der Waals surface area contributed by atoms with Crippen LogP contribution in [0.1, 0.15) is 42.0 Å². The van der Waals surface area contributed by atoms with Gasteiger partial charge in [-0.2, -0.15) is 0 Å². The smallest absolute Gasteiger partial charge is 0.336 e. The lowest BCUT2D eigenvalue weighted by Crippen LogP contribution is -2.53. The molecule has 1 saturated heterocycles. The zero-order valence-corrected chi connectivity index (χ0v) is 24.4. The molecule has 1 aliphatic rings. The standard InChI is InChI=1S/C31H37N5O5S/c1-3-5-17-35-31(38)34(21-25-14-9-15-26(18-25)30(32)33-39)28(20-24-11-7-6-8-12-24)29(37)22-36(35)42(40,41)27-16-10-13-23(4-2)19-27/h4,6-16,18-19,28-29,37,39H,2-3,5,17,20-22H2,1H3,(H2,32,33)/t28-,29-/m1/s1. The van der Waals surface area contributed by atoms with E-state index in [1.165, 1.54) is 22.0 Å². The molecular weight excluding hydrogens is 554 g/mol. The molecule has 11 heteroatoms. The lowest BCUT2D eigenvalue weighted by molar-refractivity contribution is 0.0578. The van der Waals surface area contributed by atoms with Crippen molar-refractivity contribution in [1.29, 1.82) is 0 Å². The first-order chi connectivity index (χ1) is 20.2. The molecule has 2 atom stereocenters. The minimum Gasteiger partial charge on any atom is -0.409 e. The normalized spacial score (nSPS) is 18.6. The highest BCUT2D eigenvalue weighted by Crippen LogP contribution is 2.28. The lowest BCUT2D eigenvalue weighted by Gasteiger charge is -2.35.